The van der Waals surface area contributed by atoms with E-state index in [1.165, 1.54) is 19.3 Å². The molecule has 0 aromatic heterocycles. The van der Waals surface area contributed by atoms with E-state index in [0.29, 0.717) is 25.2 Å². The van der Waals surface area contributed by atoms with Gasteiger partial charge in [0.05, 0.1) is 0 Å². The zero-order valence-corrected chi connectivity index (χ0v) is 19.4. The molecule has 0 spiro atoms. The number of hydrogen-bond acceptors (Lipinski definition) is 2. The van der Waals surface area contributed by atoms with Crippen molar-refractivity contribution in [3.63, 3.8) is 0 Å². The third-order valence-electron chi connectivity index (χ3n) is 5.09. The van der Waals surface area contributed by atoms with Gasteiger partial charge >= 0.3 is 33.3 Å². The molecular formula is C18H36Cl2MnN7-5. The van der Waals surface area contributed by atoms with E-state index in [1.807, 2.05) is 0 Å². The van der Waals surface area contributed by atoms with Crippen LogP contribution in [0.15, 0.2) is 0 Å². The van der Waals surface area contributed by atoms with E-state index >= 15 is 0 Å². The summed E-state index contributed by atoms with van der Waals surface area (Å²) in [6.45, 7) is 5.97. The van der Waals surface area contributed by atoms with Crippen molar-refractivity contribution in [3.05, 3.63) is 26.6 Å². The van der Waals surface area contributed by atoms with Gasteiger partial charge in [-0.25, -0.2) is 0 Å². The molecule has 0 amide bonds. The van der Waals surface area contributed by atoms with Crippen LogP contribution in [-0.2, 0) is 13.1 Å². The average molecular weight is 476 g/mol. The maximum absolute atomic E-state index is 5.79. The first-order valence-electron chi connectivity index (χ1n) is 10.3. The van der Waals surface area contributed by atoms with E-state index in [1.54, 1.807) is 0 Å². The molecule has 0 unspecified atom stereocenters. The Balaban J connectivity index is 0.00000122. The molecule has 1 saturated carbocycles. The molecule has 1 heterocycles. The van der Waals surface area contributed by atoms with Gasteiger partial charge in [0, 0.05) is 0 Å². The molecule has 0 bridgehead atoms. The van der Waals surface area contributed by atoms with Gasteiger partial charge in [-0.05, 0) is 13.1 Å². The second kappa shape index (κ2) is 18.6. The van der Waals surface area contributed by atoms with Gasteiger partial charge < -0.3 is 38.1 Å². The van der Waals surface area contributed by atoms with Crippen LogP contribution in [0.2, 0.25) is 0 Å². The van der Waals surface area contributed by atoms with Crippen molar-refractivity contribution in [1.82, 2.24) is 0 Å². The van der Waals surface area contributed by atoms with Crippen LogP contribution in [0.1, 0.15) is 38.5 Å². The van der Waals surface area contributed by atoms with Crippen molar-refractivity contribution in [2.24, 2.45) is 11.5 Å². The fourth-order valence-corrected chi connectivity index (χ4v) is 3.63. The van der Waals surface area contributed by atoms with Crippen LogP contribution in [0, 0.1) is 0 Å². The summed E-state index contributed by atoms with van der Waals surface area (Å²) in [6, 6.07) is 1.15. The standard InChI is InChI=1S/C18H36N7.2ClH.Mn/c19-7-5-15-13-24-16(6-8-20)14-25-18-4-2-1-3-17(18)23-12-10-21-9-11-22-15;;;/h15-18H,1-14,19-20H2;2*1H;/q-5;;;+2/p-2/t15-,16+,17-,18-;;;/m1.../s1. The van der Waals surface area contributed by atoms with Gasteiger partial charge in [0.1, 0.15) is 0 Å². The average Bonchev–Trinajstić information content (AvgIpc) is 2.70. The van der Waals surface area contributed by atoms with Gasteiger partial charge in [0.15, 0.2) is 0 Å². The van der Waals surface area contributed by atoms with Crippen molar-refractivity contribution in [2.45, 2.75) is 62.7 Å². The van der Waals surface area contributed by atoms with Crippen LogP contribution in [-0.4, -0.2) is 76.5 Å². The Morgan fingerprint density at radius 2 is 1.21 bits per heavy atom. The van der Waals surface area contributed by atoms with Crippen molar-refractivity contribution in [1.29, 1.82) is 0 Å². The summed E-state index contributed by atoms with van der Waals surface area (Å²) in [5.41, 5.74) is 11.5. The molecule has 0 aromatic rings. The zero-order chi connectivity index (χ0) is 20.5. The topological polar surface area (TPSA) is 123 Å². The van der Waals surface area contributed by atoms with Crippen molar-refractivity contribution in [3.8, 4) is 0 Å². The number of nitrogens with two attached hydrogens (primary N) is 2. The van der Waals surface area contributed by atoms with E-state index in [4.69, 9.17) is 52.9 Å². The Morgan fingerprint density at radius 3 is 1.82 bits per heavy atom. The Bertz CT molecular complexity index is 358. The van der Waals surface area contributed by atoms with Crippen LogP contribution in [0.3, 0.4) is 0 Å². The molecule has 10 heteroatoms. The molecule has 169 valence electrons. The molecule has 28 heavy (non-hydrogen) atoms. The number of rotatable bonds is 4. The fourth-order valence-electron chi connectivity index (χ4n) is 3.63. The Kier molecular flexibility index (Phi) is 17.8. The van der Waals surface area contributed by atoms with Crippen LogP contribution in [0.5, 0.6) is 0 Å². The summed E-state index contributed by atoms with van der Waals surface area (Å²) in [4.78, 5) is 0. The van der Waals surface area contributed by atoms with Gasteiger partial charge in [-0.2, -0.15) is 63.4 Å². The molecule has 2 rings (SSSR count). The molecule has 0 radical (unpaired) electrons. The summed E-state index contributed by atoms with van der Waals surface area (Å²) in [6.07, 6.45) is 6.64. The van der Waals surface area contributed by atoms with Crippen LogP contribution >= 0.6 is 20.2 Å². The normalized spacial score (nSPS) is 30.9. The van der Waals surface area contributed by atoms with Crippen molar-refractivity contribution < 1.29 is 13.1 Å². The second-order valence-electron chi connectivity index (χ2n) is 7.15. The van der Waals surface area contributed by atoms with Crippen LogP contribution < -0.4 is 11.5 Å². The molecule has 1 aliphatic heterocycles. The molecule has 0 aromatic carbocycles. The first-order chi connectivity index (χ1) is 13.7. The number of hydrogen-bond donors (Lipinski definition) is 2. The summed E-state index contributed by atoms with van der Waals surface area (Å²) in [7, 11) is 9.59. The maximum atomic E-state index is 5.79. The van der Waals surface area contributed by atoms with E-state index in [-0.39, 0.29) is 25.2 Å². The van der Waals surface area contributed by atoms with Gasteiger partial charge in [0.25, 0.3) is 0 Å². The Labute approximate surface area is 186 Å². The molecule has 4 N–H and O–H groups in total. The predicted molar refractivity (Wildman–Crippen MR) is 119 cm³/mol. The number of nitrogens with zero attached hydrogens (tertiary/aromatic N) is 5. The minimum atomic E-state index is 0.00694. The van der Waals surface area contributed by atoms with Gasteiger partial charge in [-0.3, -0.25) is 0 Å². The quantitative estimate of drug-likeness (QED) is 0.596. The Hall–Kier alpha value is 0.819. The predicted octanol–water partition coefficient (Wildman–Crippen LogP) is 3.99. The third-order valence-corrected chi connectivity index (χ3v) is 5.09. The molecule has 1 saturated heterocycles. The summed E-state index contributed by atoms with van der Waals surface area (Å²) < 4.78 is 0. The van der Waals surface area contributed by atoms with Crippen molar-refractivity contribution in [2.75, 3.05) is 52.4 Å². The van der Waals surface area contributed by atoms with E-state index in [2.05, 4.69) is 5.32 Å². The van der Waals surface area contributed by atoms with E-state index in [9.17, 15) is 0 Å². The number of fused-ring (bicyclic) bond motifs is 1. The van der Waals surface area contributed by atoms with Crippen molar-refractivity contribution >= 4 is 20.2 Å². The monoisotopic (exact) mass is 475 g/mol. The van der Waals surface area contributed by atoms with Gasteiger partial charge in [-0.1, -0.05) is 38.5 Å². The zero-order valence-electron chi connectivity index (χ0n) is 16.7. The molecule has 7 nitrogen and oxygen atoms in total. The van der Waals surface area contributed by atoms with Crippen LogP contribution in [0.4, 0.5) is 0 Å². The second-order valence-corrected chi connectivity index (χ2v) is 9.10. The molecule has 2 aliphatic rings. The summed E-state index contributed by atoms with van der Waals surface area (Å²) in [5.74, 6) is 0. The van der Waals surface area contributed by atoms with E-state index < -0.39 is 0 Å². The van der Waals surface area contributed by atoms with E-state index in [0.717, 1.165) is 58.5 Å². The third kappa shape index (κ3) is 12.5. The van der Waals surface area contributed by atoms with Gasteiger partial charge in [-0.15, -0.1) is 0 Å². The Morgan fingerprint density at radius 1 is 0.714 bits per heavy atom. The molecule has 4 atom stereocenters. The molecule has 2 fully saturated rings. The van der Waals surface area contributed by atoms with Gasteiger partial charge in [0.2, 0.25) is 0 Å². The minimum absolute atomic E-state index is 0.00694. The first-order valence-corrected chi connectivity index (χ1v) is 13.6. The molecular weight excluding hydrogens is 440 g/mol. The van der Waals surface area contributed by atoms with Crippen LogP contribution in [0.25, 0.3) is 26.6 Å². The first kappa shape index (κ1) is 26.9. The fraction of sp³-hybridized carbons (Fsp3) is 1.00. The SMILES string of the molecule is NCC[C@@H]1C[N-][C@@H](CCN)C[N-][C@@H]2CCCC[C@H]2[N-]CC[N-]CC[N-]1.[Cl][Mn][Cl]. The summed E-state index contributed by atoms with van der Waals surface area (Å²) >= 11 is 0.00694. The molecule has 1 aliphatic carbocycles. The number of halogens is 2. The summed E-state index contributed by atoms with van der Waals surface area (Å²) in [5, 5.41) is 24.1.